The molecule has 0 bridgehead atoms. The first-order valence-corrected chi connectivity index (χ1v) is 7.56. The molecule has 1 aliphatic rings. The molecule has 1 aromatic carbocycles. The topological polar surface area (TPSA) is 61.4 Å². The van der Waals surface area contributed by atoms with Crippen molar-refractivity contribution in [2.24, 2.45) is 0 Å². The second-order valence-corrected chi connectivity index (χ2v) is 5.54. The van der Waals surface area contributed by atoms with Crippen molar-refractivity contribution in [2.75, 3.05) is 0 Å². The van der Waals surface area contributed by atoms with Gasteiger partial charge in [0.2, 0.25) is 0 Å². The molecule has 4 heteroatoms. The minimum absolute atomic E-state index is 0.112. The van der Waals surface area contributed by atoms with Gasteiger partial charge in [-0.15, -0.1) is 0 Å². The zero-order valence-corrected chi connectivity index (χ0v) is 11.9. The molecule has 1 saturated carbocycles. The van der Waals surface area contributed by atoms with Gasteiger partial charge >= 0.3 is 6.03 Å². The largest absolute Gasteiger partial charge is 0.508 e. The van der Waals surface area contributed by atoms with Crippen molar-refractivity contribution >= 4 is 6.03 Å². The van der Waals surface area contributed by atoms with E-state index in [9.17, 15) is 9.90 Å². The SMILES string of the molecule is O=C(NCc1cccc(O)c1)NC1CCCCCCC1. The van der Waals surface area contributed by atoms with Gasteiger partial charge in [0.15, 0.2) is 0 Å². The summed E-state index contributed by atoms with van der Waals surface area (Å²) in [6.45, 7) is 0.437. The third kappa shape index (κ3) is 5.11. The van der Waals surface area contributed by atoms with Gasteiger partial charge in [-0.05, 0) is 30.5 Å². The number of benzene rings is 1. The number of phenols is 1. The number of rotatable bonds is 3. The van der Waals surface area contributed by atoms with Gasteiger partial charge in [0.25, 0.3) is 0 Å². The van der Waals surface area contributed by atoms with Crippen LogP contribution in [0.2, 0.25) is 0 Å². The van der Waals surface area contributed by atoms with Gasteiger partial charge in [0.05, 0.1) is 0 Å². The van der Waals surface area contributed by atoms with Gasteiger partial charge < -0.3 is 15.7 Å². The van der Waals surface area contributed by atoms with Gasteiger partial charge in [0.1, 0.15) is 5.75 Å². The molecular weight excluding hydrogens is 252 g/mol. The summed E-state index contributed by atoms with van der Waals surface area (Å²) in [5.41, 5.74) is 0.901. The Balaban J connectivity index is 1.74. The Morgan fingerprint density at radius 2 is 1.85 bits per heavy atom. The summed E-state index contributed by atoms with van der Waals surface area (Å²) in [5, 5.41) is 15.3. The van der Waals surface area contributed by atoms with Crippen LogP contribution in [0.15, 0.2) is 24.3 Å². The predicted molar refractivity (Wildman–Crippen MR) is 79.6 cm³/mol. The lowest BCUT2D eigenvalue weighted by Crippen LogP contribution is -2.42. The van der Waals surface area contributed by atoms with E-state index in [1.807, 2.05) is 6.07 Å². The molecular formula is C16H24N2O2. The van der Waals surface area contributed by atoms with Crippen molar-refractivity contribution in [2.45, 2.75) is 57.5 Å². The maximum atomic E-state index is 11.9. The van der Waals surface area contributed by atoms with E-state index in [4.69, 9.17) is 0 Å². The molecule has 0 atom stereocenters. The van der Waals surface area contributed by atoms with Crippen LogP contribution in [-0.2, 0) is 6.54 Å². The molecule has 1 fully saturated rings. The molecule has 3 N–H and O–H groups in total. The second kappa shape index (κ2) is 7.78. The molecule has 0 heterocycles. The van der Waals surface area contributed by atoms with Crippen LogP contribution in [0, 0.1) is 0 Å². The number of urea groups is 1. The highest BCUT2D eigenvalue weighted by molar-refractivity contribution is 5.74. The van der Waals surface area contributed by atoms with Gasteiger partial charge in [-0.3, -0.25) is 0 Å². The fourth-order valence-electron chi connectivity index (χ4n) is 2.69. The zero-order valence-electron chi connectivity index (χ0n) is 11.9. The fourth-order valence-corrected chi connectivity index (χ4v) is 2.69. The van der Waals surface area contributed by atoms with Gasteiger partial charge in [-0.1, -0.05) is 44.2 Å². The van der Waals surface area contributed by atoms with E-state index in [-0.39, 0.29) is 11.8 Å². The maximum Gasteiger partial charge on any atom is 0.315 e. The first-order chi connectivity index (χ1) is 9.74. The Labute approximate surface area is 120 Å². The molecule has 110 valence electrons. The Bertz CT molecular complexity index is 426. The van der Waals surface area contributed by atoms with Crippen molar-refractivity contribution < 1.29 is 9.90 Å². The van der Waals surface area contributed by atoms with Crippen molar-refractivity contribution in [1.82, 2.24) is 10.6 Å². The normalized spacial score (nSPS) is 17.0. The van der Waals surface area contributed by atoms with E-state index in [1.165, 1.54) is 32.1 Å². The van der Waals surface area contributed by atoms with Crippen LogP contribution >= 0.6 is 0 Å². The Morgan fingerprint density at radius 1 is 1.15 bits per heavy atom. The highest BCUT2D eigenvalue weighted by Crippen LogP contribution is 2.17. The number of hydrogen-bond acceptors (Lipinski definition) is 2. The minimum Gasteiger partial charge on any atom is -0.508 e. The third-order valence-electron chi connectivity index (χ3n) is 3.80. The third-order valence-corrected chi connectivity index (χ3v) is 3.80. The quantitative estimate of drug-likeness (QED) is 0.793. The highest BCUT2D eigenvalue weighted by Gasteiger charge is 2.13. The molecule has 0 aromatic heterocycles. The summed E-state index contributed by atoms with van der Waals surface area (Å²) in [7, 11) is 0. The summed E-state index contributed by atoms with van der Waals surface area (Å²) < 4.78 is 0. The summed E-state index contributed by atoms with van der Waals surface area (Å²) >= 11 is 0. The van der Waals surface area contributed by atoms with E-state index in [2.05, 4.69) is 10.6 Å². The Kier molecular flexibility index (Phi) is 5.71. The van der Waals surface area contributed by atoms with Gasteiger partial charge in [-0.25, -0.2) is 4.79 Å². The second-order valence-electron chi connectivity index (χ2n) is 5.54. The lowest BCUT2D eigenvalue weighted by atomic mass is 9.97. The monoisotopic (exact) mass is 276 g/mol. The molecule has 0 saturated heterocycles. The number of amides is 2. The number of aromatic hydroxyl groups is 1. The summed E-state index contributed by atoms with van der Waals surface area (Å²) in [6.07, 6.45) is 8.47. The van der Waals surface area contributed by atoms with Crippen molar-refractivity contribution in [3.63, 3.8) is 0 Å². The molecule has 1 aromatic rings. The average Bonchev–Trinajstić information content (AvgIpc) is 2.39. The molecule has 2 rings (SSSR count). The molecule has 0 spiro atoms. The highest BCUT2D eigenvalue weighted by atomic mass is 16.3. The number of phenolic OH excluding ortho intramolecular Hbond substituents is 1. The average molecular weight is 276 g/mol. The van der Waals surface area contributed by atoms with E-state index >= 15 is 0 Å². The fraction of sp³-hybridized carbons (Fsp3) is 0.562. The van der Waals surface area contributed by atoms with Crippen molar-refractivity contribution in [1.29, 1.82) is 0 Å². The zero-order chi connectivity index (χ0) is 14.2. The van der Waals surface area contributed by atoms with E-state index in [1.54, 1.807) is 18.2 Å². The smallest absolute Gasteiger partial charge is 0.315 e. The summed E-state index contributed by atoms with van der Waals surface area (Å²) in [6, 6.07) is 7.14. The number of carbonyl (C=O) groups excluding carboxylic acids is 1. The molecule has 4 nitrogen and oxygen atoms in total. The van der Waals surface area contributed by atoms with E-state index < -0.39 is 0 Å². The number of nitrogens with one attached hydrogen (secondary N) is 2. The van der Waals surface area contributed by atoms with Crippen LogP contribution in [0.25, 0.3) is 0 Å². The van der Waals surface area contributed by atoms with Crippen LogP contribution in [-0.4, -0.2) is 17.2 Å². The first kappa shape index (κ1) is 14.7. The maximum absolute atomic E-state index is 11.9. The lowest BCUT2D eigenvalue weighted by molar-refractivity contribution is 0.233. The lowest BCUT2D eigenvalue weighted by Gasteiger charge is -2.21. The Morgan fingerprint density at radius 3 is 2.55 bits per heavy atom. The van der Waals surface area contributed by atoms with E-state index in [0.29, 0.717) is 12.6 Å². The number of hydrogen-bond donors (Lipinski definition) is 3. The predicted octanol–water partition coefficient (Wildman–Crippen LogP) is 3.30. The van der Waals surface area contributed by atoms with Crippen LogP contribution in [0.1, 0.15) is 50.5 Å². The van der Waals surface area contributed by atoms with Crippen molar-refractivity contribution in [3.8, 4) is 5.75 Å². The molecule has 0 unspecified atom stereocenters. The standard InChI is InChI=1S/C16H24N2O2/c19-15-10-6-7-13(11-15)12-17-16(20)18-14-8-4-2-1-3-5-9-14/h6-7,10-11,14,19H,1-5,8-9,12H2,(H2,17,18,20). The van der Waals surface area contributed by atoms with Gasteiger partial charge in [0, 0.05) is 12.6 Å². The molecule has 0 radical (unpaired) electrons. The van der Waals surface area contributed by atoms with Crippen LogP contribution < -0.4 is 10.6 Å². The van der Waals surface area contributed by atoms with Crippen molar-refractivity contribution in [3.05, 3.63) is 29.8 Å². The van der Waals surface area contributed by atoms with E-state index in [0.717, 1.165) is 18.4 Å². The molecule has 20 heavy (non-hydrogen) atoms. The first-order valence-electron chi connectivity index (χ1n) is 7.56. The van der Waals surface area contributed by atoms with Crippen LogP contribution in [0.3, 0.4) is 0 Å². The Hall–Kier alpha value is -1.71. The molecule has 1 aliphatic carbocycles. The van der Waals surface area contributed by atoms with Crippen LogP contribution in [0.4, 0.5) is 4.79 Å². The number of carbonyl (C=O) groups is 1. The summed E-state index contributed by atoms with van der Waals surface area (Å²) in [5.74, 6) is 0.227. The minimum atomic E-state index is -0.112. The summed E-state index contributed by atoms with van der Waals surface area (Å²) in [4.78, 5) is 11.9. The molecule has 0 aliphatic heterocycles. The van der Waals surface area contributed by atoms with Crippen LogP contribution in [0.5, 0.6) is 5.75 Å². The van der Waals surface area contributed by atoms with Gasteiger partial charge in [-0.2, -0.15) is 0 Å². The molecule has 2 amide bonds.